The maximum Gasteiger partial charge on any atom is 0.300 e. The van der Waals surface area contributed by atoms with Gasteiger partial charge in [-0.05, 0) is 49.0 Å². The van der Waals surface area contributed by atoms with Crippen LogP contribution in [0.15, 0.2) is 65.2 Å². The molecule has 180 valence electrons. The van der Waals surface area contributed by atoms with Crippen LogP contribution in [0.5, 0.6) is 11.5 Å². The number of oxazole rings is 1. The summed E-state index contributed by atoms with van der Waals surface area (Å²) < 4.78 is 11.8. The Balaban J connectivity index is 1.25. The summed E-state index contributed by atoms with van der Waals surface area (Å²) in [6.07, 6.45) is 1.53. The van der Waals surface area contributed by atoms with Crippen molar-refractivity contribution in [2.45, 2.75) is 6.92 Å². The maximum absolute atomic E-state index is 11.8. The molecular weight excluding hydrogens is 444 g/mol. The molecule has 3 heterocycles. The lowest BCUT2D eigenvalue weighted by molar-refractivity contribution is 0.0958. The minimum absolute atomic E-state index is 0.273. The van der Waals surface area contributed by atoms with Crippen molar-refractivity contribution in [1.29, 1.82) is 0 Å². The van der Waals surface area contributed by atoms with E-state index in [2.05, 4.69) is 49.5 Å². The molecule has 2 N–H and O–H groups in total. The van der Waals surface area contributed by atoms with E-state index in [4.69, 9.17) is 9.15 Å². The molecule has 1 saturated heterocycles. The summed E-state index contributed by atoms with van der Waals surface area (Å²) in [6.45, 7) is 7.60. The third-order valence-electron chi connectivity index (χ3n) is 6.09. The van der Waals surface area contributed by atoms with Crippen LogP contribution >= 0.6 is 0 Å². The van der Waals surface area contributed by atoms with Crippen LogP contribution in [0.2, 0.25) is 0 Å². The van der Waals surface area contributed by atoms with E-state index < -0.39 is 0 Å². The average Bonchev–Trinajstić information content (AvgIpc) is 3.30. The molecule has 0 unspecified atom stereocenters. The third kappa shape index (κ3) is 5.20. The van der Waals surface area contributed by atoms with E-state index in [9.17, 15) is 4.79 Å². The lowest BCUT2D eigenvalue weighted by Crippen LogP contribution is -2.46. The van der Waals surface area contributed by atoms with E-state index in [0.717, 1.165) is 38.4 Å². The number of rotatable bonds is 7. The van der Waals surface area contributed by atoms with Crippen LogP contribution in [-0.2, 0) is 0 Å². The number of amides is 1. The largest absolute Gasteiger partial charge is 0.457 e. The minimum atomic E-state index is -0.273. The molecule has 9 heteroatoms. The standard InChI is InChI=1S/C26H28N6O3/c1-3-31-12-14-32(15-13-31)19-6-4-18(5-7-19)29-26-30-22-16-20(8-9-24(22)35-26)34-21-10-11-28-23(17-21)25(33)27-2/h4-11,16-17H,3,12-15H2,1-2H3,(H,27,33)(H,29,30). The Morgan fingerprint density at radius 2 is 1.80 bits per heavy atom. The number of pyridine rings is 1. The number of hydrogen-bond acceptors (Lipinski definition) is 8. The number of benzene rings is 2. The van der Waals surface area contributed by atoms with Gasteiger partial charge in [0.1, 0.15) is 22.7 Å². The van der Waals surface area contributed by atoms with Crippen LogP contribution in [0.4, 0.5) is 17.4 Å². The van der Waals surface area contributed by atoms with Gasteiger partial charge < -0.3 is 29.6 Å². The van der Waals surface area contributed by atoms with E-state index in [0.29, 0.717) is 28.6 Å². The molecule has 1 amide bonds. The number of carbonyl (C=O) groups is 1. The summed E-state index contributed by atoms with van der Waals surface area (Å²) in [4.78, 5) is 25.3. The van der Waals surface area contributed by atoms with Crippen LogP contribution in [0.3, 0.4) is 0 Å². The van der Waals surface area contributed by atoms with Crippen LogP contribution < -0.4 is 20.3 Å². The number of piperazine rings is 1. The molecule has 4 aromatic rings. The van der Waals surface area contributed by atoms with Crippen molar-refractivity contribution in [3.63, 3.8) is 0 Å². The summed E-state index contributed by atoms with van der Waals surface area (Å²) in [6, 6.07) is 17.4. The van der Waals surface area contributed by atoms with Crippen molar-refractivity contribution < 1.29 is 13.9 Å². The first-order chi connectivity index (χ1) is 17.1. The van der Waals surface area contributed by atoms with Gasteiger partial charge in [0.05, 0.1) is 0 Å². The Kier molecular flexibility index (Phi) is 6.49. The monoisotopic (exact) mass is 472 g/mol. The fourth-order valence-corrected chi connectivity index (χ4v) is 4.09. The Bertz CT molecular complexity index is 1310. The van der Waals surface area contributed by atoms with Gasteiger partial charge >= 0.3 is 0 Å². The predicted molar refractivity (Wildman–Crippen MR) is 136 cm³/mol. The number of fused-ring (bicyclic) bond motifs is 1. The van der Waals surface area contributed by atoms with Crippen molar-refractivity contribution in [3.05, 3.63) is 66.5 Å². The van der Waals surface area contributed by atoms with Crippen molar-refractivity contribution >= 4 is 34.4 Å². The van der Waals surface area contributed by atoms with Gasteiger partial charge in [-0.3, -0.25) is 9.78 Å². The number of ether oxygens (including phenoxy) is 1. The van der Waals surface area contributed by atoms with Crippen LogP contribution in [-0.4, -0.2) is 60.5 Å². The number of likely N-dealkylation sites (N-methyl/N-ethyl adjacent to an activating group) is 1. The number of aromatic nitrogens is 2. The highest BCUT2D eigenvalue weighted by Crippen LogP contribution is 2.29. The molecule has 0 radical (unpaired) electrons. The summed E-state index contributed by atoms with van der Waals surface area (Å²) in [5.41, 5.74) is 3.72. The molecule has 0 aliphatic carbocycles. The van der Waals surface area contributed by atoms with Gasteiger partial charge in [0.15, 0.2) is 5.58 Å². The second kappa shape index (κ2) is 10.0. The fourth-order valence-electron chi connectivity index (χ4n) is 4.09. The van der Waals surface area contributed by atoms with Gasteiger partial charge in [0.25, 0.3) is 11.9 Å². The molecule has 1 aliphatic rings. The van der Waals surface area contributed by atoms with Crippen molar-refractivity contribution in [2.24, 2.45) is 0 Å². The Labute approximate surface area is 203 Å². The lowest BCUT2D eigenvalue weighted by Gasteiger charge is -2.35. The number of hydrogen-bond donors (Lipinski definition) is 2. The van der Waals surface area contributed by atoms with Gasteiger partial charge in [0.2, 0.25) is 0 Å². The Hall–Kier alpha value is -4.11. The maximum atomic E-state index is 11.8. The van der Waals surface area contributed by atoms with Crippen LogP contribution in [0.1, 0.15) is 17.4 Å². The van der Waals surface area contributed by atoms with Gasteiger partial charge in [-0.25, -0.2) is 0 Å². The zero-order valence-electron chi connectivity index (χ0n) is 19.8. The molecule has 9 nitrogen and oxygen atoms in total. The topological polar surface area (TPSA) is 95.8 Å². The normalized spacial score (nSPS) is 14.2. The minimum Gasteiger partial charge on any atom is -0.457 e. The molecule has 5 rings (SSSR count). The molecule has 0 atom stereocenters. The van der Waals surface area contributed by atoms with Crippen LogP contribution in [0.25, 0.3) is 11.1 Å². The predicted octanol–water partition coefficient (Wildman–Crippen LogP) is 4.26. The first-order valence-electron chi connectivity index (χ1n) is 11.7. The summed E-state index contributed by atoms with van der Waals surface area (Å²) in [7, 11) is 1.56. The SMILES string of the molecule is CCN1CCN(c2ccc(Nc3nc4cc(Oc5ccnc(C(=O)NC)c5)ccc4o3)cc2)CC1. The van der Waals surface area contributed by atoms with Gasteiger partial charge in [-0.15, -0.1) is 0 Å². The quantitative estimate of drug-likeness (QED) is 0.412. The van der Waals surface area contributed by atoms with Gasteiger partial charge in [-0.2, -0.15) is 4.98 Å². The summed E-state index contributed by atoms with van der Waals surface area (Å²) in [5.74, 6) is 0.820. The van der Waals surface area contributed by atoms with Crippen LogP contribution in [0, 0.1) is 0 Å². The van der Waals surface area contributed by atoms with Crippen molar-refractivity contribution in [1.82, 2.24) is 20.2 Å². The lowest BCUT2D eigenvalue weighted by atomic mass is 10.2. The number of nitrogens with zero attached hydrogens (tertiary/aromatic N) is 4. The van der Waals surface area contributed by atoms with E-state index >= 15 is 0 Å². The summed E-state index contributed by atoms with van der Waals surface area (Å²) >= 11 is 0. The highest BCUT2D eigenvalue weighted by Gasteiger charge is 2.16. The van der Waals surface area contributed by atoms with E-state index in [1.807, 2.05) is 18.2 Å². The first-order valence-corrected chi connectivity index (χ1v) is 11.7. The molecule has 2 aromatic heterocycles. The van der Waals surface area contributed by atoms with Crippen molar-refractivity contribution in [2.75, 3.05) is 50.0 Å². The first kappa shape index (κ1) is 22.7. The summed E-state index contributed by atoms with van der Waals surface area (Å²) in [5, 5.41) is 5.79. The molecule has 0 spiro atoms. The van der Waals surface area contributed by atoms with E-state index in [-0.39, 0.29) is 11.6 Å². The van der Waals surface area contributed by atoms with Gasteiger partial charge in [0, 0.05) is 62.9 Å². The number of anilines is 3. The second-order valence-corrected chi connectivity index (χ2v) is 8.30. The molecular formula is C26H28N6O3. The third-order valence-corrected chi connectivity index (χ3v) is 6.09. The highest BCUT2D eigenvalue weighted by atomic mass is 16.5. The fraction of sp³-hybridized carbons (Fsp3) is 0.269. The average molecular weight is 473 g/mol. The highest BCUT2D eigenvalue weighted by molar-refractivity contribution is 5.92. The smallest absolute Gasteiger partial charge is 0.300 e. The molecule has 0 bridgehead atoms. The molecule has 1 aliphatic heterocycles. The zero-order chi connectivity index (χ0) is 24.2. The second-order valence-electron chi connectivity index (χ2n) is 8.30. The van der Waals surface area contributed by atoms with E-state index in [1.165, 1.54) is 11.9 Å². The zero-order valence-corrected chi connectivity index (χ0v) is 19.8. The molecule has 2 aromatic carbocycles. The van der Waals surface area contributed by atoms with Gasteiger partial charge in [-0.1, -0.05) is 6.92 Å². The Morgan fingerprint density at radius 3 is 2.54 bits per heavy atom. The van der Waals surface area contributed by atoms with E-state index in [1.54, 1.807) is 31.3 Å². The number of nitrogens with one attached hydrogen (secondary N) is 2. The Morgan fingerprint density at radius 1 is 1.03 bits per heavy atom. The molecule has 35 heavy (non-hydrogen) atoms. The van der Waals surface area contributed by atoms with Crippen molar-refractivity contribution in [3.8, 4) is 11.5 Å². The molecule has 0 saturated carbocycles. The molecule has 1 fully saturated rings. The number of carbonyl (C=O) groups excluding carboxylic acids is 1.